The fraction of sp³-hybridized carbons (Fsp3) is 0.375. The lowest BCUT2D eigenvalue weighted by Gasteiger charge is -2.43. The van der Waals surface area contributed by atoms with Crippen molar-refractivity contribution in [3.63, 3.8) is 0 Å². The Morgan fingerprint density at radius 1 is 1.12 bits per heavy atom. The molecule has 2 aromatic carbocycles. The summed E-state index contributed by atoms with van der Waals surface area (Å²) >= 11 is 0. The first-order chi connectivity index (χ1) is 15.8. The molecule has 0 radical (unpaired) electrons. The van der Waals surface area contributed by atoms with Crippen molar-refractivity contribution in [3.05, 3.63) is 54.7 Å². The molecule has 170 valence electrons. The van der Waals surface area contributed by atoms with Gasteiger partial charge in [0.1, 0.15) is 11.8 Å². The van der Waals surface area contributed by atoms with Crippen molar-refractivity contribution in [2.75, 3.05) is 6.54 Å². The van der Waals surface area contributed by atoms with Crippen LogP contribution in [0.1, 0.15) is 45.4 Å². The molecule has 0 saturated carbocycles. The van der Waals surface area contributed by atoms with Crippen LogP contribution in [0.3, 0.4) is 0 Å². The molecule has 1 N–H and O–H groups in total. The SMILES string of the molecule is CC(C)(C)C1CC(c2nc3cc(-c4ccc(-n5cnnn5)cc4)ccc3o2)CCN1C(=O)O. The molecule has 4 aromatic rings. The van der Waals surface area contributed by atoms with Crippen molar-refractivity contribution in [1.29, 1.82) is 0 Å². The van der Waals surface area contributed by atoms with Crippen LogP contribution in [0.15, 0.2) is 53.2 Å². The lowest BCUT2D eigenvalue weighted by atomic mass is 9.77. The van der Waals surface area contributed by atoms with E-state index in [2.05, 4.69) is 36.3 Å². The summed E-state index contributed by atoms with van der Waals surface area (Å²) in [5.74, 6) is 0.784. The van der Waals surface area contributed by atoms with Gasteiger partial charge in [0.05, 0.1) is 5.69 Å². The van der Waals surface area contributed by atoms with Crippen molar-refractivity contribution in [3.8, 4) is 16.8 Å². The topological polar surface area (TPSA) is 110 Å². The number of benzene rings is 2. The first kappa shape index (κ1) is 21.1. The highest BCUT2D eigenvalue weighted by Crippen LogP contribution is 2.39. The van der Waals surface area contributed by atoms with Crippen LogP contribution in [0.2, 0.25) is 0 Å². The molecular weight excluding hydrogens is 420 g/mol. The third-order valence-corrected chi connectivity index (χ3v) is 6.42. The molecule has 0 spiro atoms. The molecule has 2 aromatic heterocycles. The number of hydrogen-bond donors (Lipinski definition) is 1. The molecule has 0 bridgehead atoms. The minimum Gasteiger partial charge on any atom is -0.465 e. The van der Waals surface area contributed by atoms with Gasteiger partial charge in [0, 0.05) is 18.5 Å². The molecule has 9 nitrogen and oxygen atoms in total. The van der Waals surface area contributed by atoms with Gasteiger partial charge in [-0.15, -0.1) is 5.10 Å². The second-order valence-corrected chi connectivity index (χ2v) is 9.61. The number of nitrogens with zero attached hydrogens (tertiary/aromatic N) is 6. The highest BCUT2D eigenvalue weighted by Gasteiger charge is 2.40. The molecule has 1 saturated heterocycles. The second kappa shape index (κ2) is 7.99. The van der Waals surface area contributed by atoms with E-state index in [9.17, 15) is 9.90 Å². The molecule has 9 heteroatoms. The van der Waals surface area contributed by atoms with Crippen LogP contribution in [0.5, 0.6) is 0 Å². The summed E-state index contributed by atoms with van der Waals surface area (Å²) in [5, 5.41) is 20.9. The van der Waals surface area contributed by atoms with Gasteiger partial charge in [0.15, 0.2) is 11.5 Å². The molecule has 0 aliphatic carbocycles. The van der Waals surface area contributed by atoms with Crippen LogP contribution in [0.25, 0.3) is 27.9 Å². The number of amides is 1. The van der Waals surface area contributed by atoms with Crippen LogP contribution in [-0.4, -0.2) is 53.9 Å². The van der Waals surface area contributed by atoms with E-state index in [-0.39, 0.29) is 17.4 Å². The molecule has 2 unspecified atom stereocenters. The Morgan fingerprint density at radius 2 is 1.88 bits per heavy atom. The summed E-state index contributed by atoms with van der Waals surface area (Å²) in [4.78, 5) is 18.1. The van der Waals surface area contributed by atoms with E-state index in [4.69, 9.17) is 9.40 Å². The number of piperidine rings is 1. The third-order valence-electron chi connectivity index (χ3n) is 6.42. The van der Waals surface area contributed by atoms with Crippen molar-refractivity contribution >= 4 is 17.2 Å². The van der Waals surface area contributed by atoms with Crippen molar-refractivity contribution in [2.45, 2.75) is 45.6 Å². The van der Waals surface area contributed by atoms with Crippen LogP contribution < -0.4 is 0 Å². The fourth-order valence-electron chi connectivity index (χ4n) is 4.63. The lowest BCUT2D eigenvalue weighted by Crippen LogP contribution is -2.51. The van der Waals surface area contributed by atoms with Crippen molar-refractivity contribution < 1.29 is 14.3 Å². The quantitative estimate of drug-likeness (QED) is 0.484. The third kappa shape index (κ3) is 4.06. The highest BCUT2D eigenvalue weighted by molar-refractivity contribution is 5.80. The van der Waals surface area contributed by atoms with E-state index in [1.165, 1.54) is 0 Å². The number of carbonyl (C=O) groups is 1. The summed E-state index contributed by atoms with van der Waals surface area (Å²) in [5.41, 5.74) is 4.37. The maximum Gasteiger partial charge on any atom is 0.407 e. The summed E-state index contributed by atoms with van der Waals surface area (Å²) in [6.07, 6.45) is 2.11. The molecular formula is C24H26N6O3. The number of aromatic nitrogens is 5. The zero-order valence-electron chi connectivity index (χ0n) is 18.8. The number of hydrogen-bond acceptors (Lipinski definition) is 6. The monoisotopic (exact) mass is 446 g/mol. The Kier molecular flexibility index (Phi) is 5.11. The van der Waals surface area contributed by atoms with Gasteiger partial charge < -0.3 is 14.4 Å². The van der Waals surface area contributed by atoms with E-state index >= 15 is 0 Å². The van der Waals surface area contributed by atoms with Gasteiger partial charge in [-0.05, 0) is 64.1 Å². The Morgan fingerprint density at radius 3 is 2.55 bits per heavy atom. The molecule has 1 aliphatic heterocycles. The molecule has 1 amide bonds. The average molecular weight is 447 g/mol. The van der Waals surface area contributed by atoms with E-state index in [1.807, 2.05) is 42.5 Å². The van der Waals surface area contributed by atoms with Gasteiger partial charge in [0.25, 0.3) is 0 Å². The summed E-state index contributed by atoms with van der Waals surface area (Å²) < 4.78 is 7.73. The molecule has 5 rings (SSSR count). The van der Waals surface area contributed by atoms with E-state index in [0.29, 0.717) is 25.3 Å². The van der Waals surface area contributed by atoms with E-state index in [1.54, 1.807) is 15.9 Å². The van der Waals surface area contributed by atoms with Crippen molar-refractivity contribution in [1.82, 2.24) is 30.1 Å². The summed E-state index contributed by atoms with van der Waals surface area (Å²) in [6, 6.07) is 13.9. The predicted molar refractivity (Wildman–Crippen MR) is 122 cm³/mol. The number of carboxylic acid groups (broad SMARTS) is 1. The Balaban J connectivity index is 1.40. The number of tetrazole rings is 1. The maximum atomic E-state index is 11.7. The number of oxazole rings is 1. The van der Waals surface area contributed by atoms with E-state index in [0.717, 1.165) is 27.9 Å². The first-order valence-electron chi connectivity index (χ1n) is 11.0. The number of rotatable bonds is 3. The normalized spacial score (nSPS) is 19.2. The highest BCUT2D eigenvalue weighted by atomic mass is 16.4. The van der Waals surface area contributed by atoms with E-state index < -0.39 is 6.09 Å². The summed E-state index contributed by atoms with van der Waals surface area (Å²) in [6.45, 7) is 6.73. The number of fused-ring (bicyclic) bond motifs is 1. The largest absolute Gasteiger partial charge is 0.465 e. The van der Waals surface area contributed by atoms with Crippen LogP contribution >= 0.6 is 0 Å². The zero-order chi connectivity index (χ0) is 23.2. The summed E-state index contributed by atoms with van der Waals surface area (Å²) in [7, 11) is 0. The number of likely N-dealkylation sites (tertiary alicyclic amines) is 1. The minimum atomic E-state index is -0.860. The molecule has 2 atom stereocenters. The van der Waals surface area contributed by atoms with Gasteiger partial charge in [-0.3, -0.25) is 0 Å². The Bertz CT molecular complexity index is 1270. The molecule has 3 heterocycles. The predicted octanol–water partition coefficient (Wildman–Crippen LogP) is 4.74. The second-order valence-electron chi connectivity index (χ2n) is 9.61. The van der Waals surface area contributed by atoms with Crippen LogP contribution in [0, 0.1) is 5.41 Å². The van der Waals surface area contributed by atoms with Crippen molar-refractivity contribution in [2.24, 2.45) is 5.41 Å². The van der Waals surface area contributed by atoms with Crippen LogP contribution in [0.4, 0.5) is 4.79 Å². The smallest absolute Gasteiger partial charge is 0.407 e. The van der Waals surface area contributed by atoms with Gasteiger partial charge in [-0.1, -0.05) is 39.0 Å². The standard InChI is InChI=1S/C24H26N6O3/c1-24(2,3)21-13-17(10-11-29(21)23(31)32)22-26-19-12-16(6-9-20(19)33-22)15-4-7-18(8-5-15)30-14-25-27-28-30/h4-9,12,14,17,21H,10-11,13H2,1-3H3,(H,31,32). The maximum absolute atomic E-state index is 11.7. The van der Waals surface area contributed by atoms with Crippen LogP contribution in [-0.2, 0) is 0 Å². The molecule has 33 heavy (non-hydrogen) atoms. The van der Waals surface area contributed by atoms with Gasteiger partial charge >= 0.3 is 6.09 Å². The lowest BCUT2D eigenvalue weighted by molar-refractivity contribution is 0.0494. The first-order valence-corrected chi connectivity index (χ1v) is 11.0. The molecule has 1 fully saturated rings. The Labute approximate surface area is 191 Å². The zero-order valence-corrected chi connectivity index (χ0v) is 18.8. The minimum absolute atomic E-state index is 0.0852. The van der Waals surface area contributed by atoms with Gasteiger partial charge in [-0.25, -0.2) is 14.5 Å². The molecule has 1 aliphatic rings. The average Bonchev–Trinajstić information content (AvgIpc) is 3.48. The van der Waals surface area contributed by atoms with Gasteiger partial charge in [-0.2, -0.15) is 0 Å². The van der Waals surface area contributed by atoms with Gasteiger partial charge in [0.2, 0.25) is 0 Å². The fourth-order valence-corrected chi connectivity index (χ4v) is 4.63. The Hall–Kier alpha value is -3.75.